The van der Waals surface area contributed by atoms with Gasteiger partial charge in [-0.1, -0.05) is 142 Å². The zero-order valence-corrected chi connectivity index (χ0v) is 25.8. The Balaban J connectivity index is 0.00000326. The number of unbranched alkanes of at least 4 members (excludes halogenated alkanes) is 13. The van der Waals surface area contributed by atoms with Crippen LogP contribution in [0.5, 0.6) is 0 Å². The fraction of sp³-hybridized carbons (Fsp3) is 0.735. The first kappa shape index (κ1) is 36.4. The van der Waals surface area contributed by atoms with E-state index in [4.69, 9.17) is 9.47 Å². The number of rotatable bonds is 23. The minimum atomic E-state index is 0.202. The van der Waals surface area contributed by atoms with E-state index < -0.39 is 0 Å². The van der Waals surface area contributed by atoms with Crippen molar-refractivity contribution in [2.75, 3.05) is 13.2 Å². The second-order valence-electron chi connectivity index (χ2n) is 9.65. The van der Waals surface area contributed by atoms with Gasteiger partial charge in [-0.3, -0.25) is 0 Å². The third-order valence-corrected chi connectivity index (χ3v) is 6.60. The summed E-state index contributed by atoms with van der Waals surface area (Å²) in [4.78, 5) is 4.09. The van der Waals surface area contributed by atoms with Crippen LogP contribution in [0, 0.1) is 0 Å². The van der Waals surface area contributed by atoms with Crippen LogP contribution in [0.15, 0.2) is 49.1 Å². The quantitative estimate of drug-likeness (QED) is 0.134. The van der Waals surface area contributed by atoms with Crippen LogP contribution in [0.25, 0.3) is 0 Å². The lowest BCUT2D eigenvalue weighted by Crippen LogP contribution is -2.19. The molecule has 0 amide bonds. The Bertz CT molecular complexity index is 660. The van der Waals surface area contributed by atoms with Crippen molar-refractivity contribution in [2.45, 2.75) is 150 Å². The Hall–Kier alpha value is -1.65. The molecule has 0 N–H and O–H groups in total. The lowest BCUT2D eigenvalue weighted by atomic mass is 10.0. The van der Waals surface area contributed by atoms with Crippen LogP contribution in [0.1, 0.15) is 136 Å². The Labute approximate surface area is 236 Å². The van der Waals surface area contributed by atoms with Crippen molar-refractivity contribution in [1.82, 2.24) is 9.55 Å². The van der Waals surface area contributed by atoms with Crippen molar-refractivity contribution >= 4 is 0 Å². The summed E-state index contributed by atoms with van der Waals surface area (Å²) in [6, 6.07) is 10.4. The van der Waals surface area contributed by atoms with Crippen LogP contribution in [0.4, 0.5) is 0 Å². The molecule has 38 heavy (non-hydrogen) atoms. The highest BCUT2D eigenvalue weighted by Crippen LogP contribution is 2.13. The third-order valence-electron chi connectivity index (χ3n) is 6.60. The topological polar surface area (TPSA) is 36.3 Å². The van der Waals surface area contributed by atoms with E-state index in [1.807, 2.05) is 46.3 Å². The monoisotopic (exact) mass is 530 g/mol. The SMILES string of the molecule is CC.CC.CCC(COCCCCCCCCCCCCCCCCn1ccnc1)OCc1ccccc1. The van der Waals surface area contributed by atoms with Gasteiger partial charge >= 0.3 is 0 Å². The van der Waals surface area contributed by atoms with Crippen LogP contribution in [-0.4, -0.2) is 28.9 Å². The Morgan fingerprint density at radius 3 is 1.74 bits per heavy atom. The van der Waals surface area contributed by atoms with Gasteiger partial charge in [0.15, 0.2) is 0 Å². The van der Waals surface area contributed by atoms with Crippen molar-refractivity contribution in [2.24, 2.45) is 0 Å². The molecule has 220 valence electrons. The molecule has 2 rings (SSSR count). The smallest absolute Gasteiger partial charge is 0.0945 e. The van der Waals surface area contributed by atoms with Crippen LogP contribution in [0.2, 0.25) is 0 Å². The summed E-state index contributed by atoms with van der Waals surface area (Å²) in [6.07, 6.45) is 26.2. The van der Waals surface area contributed by atoms with Crippen molar-refractivity contribution < 1.29 is 9.47 Å². The lowest BCUT2D eigenvalue weighted by Gasteiger charge is -2.16. The van der Waals surface area contributed by atoms with E-state index in [0.29, 0.717) is 6.61 Å². The Morgan fingerprint density at radius 1 is 0.711 bits per heavy atom. The highest BCUT2D eigenvalue weighted by molar-refractivity contribution is 5.13. The summed E-state index contributed by atoms with van der Waals surface area (Å²) >= 11 is 0. The maximum Gasteiger partial charge on any atom is 0.0945 e. The van der Waals surface area contributed by atoms with Crippen LogP contribution in [-0.2, 0) is 22.6 Å². The first-order valence-corrected chi connectivity index (χ1v) is 16.1. The number of benzene rings is 1. The van der Waals surface area contributed by atoms with E-state index in [1.54, 1.807) is 0 Å². The molecule has 0 bridgehead atoms. The largest absolute Gasteiger partial charge is 0.379 e. The predicted molar refractivity (Wildman–Crippen MR) is 166 cm³/mol. The summed E-state index contributed by atoms with van der Waals surface area (Å²) < 4.78 is 14.0. The van der Waals surface area contributed by atoms with Gasteiger partial charge in [-0.15, -0.1) is 0 Å². The highest BCUT2D eigenvalue weighted by Gasteiger charge is 2.07. The molecule has 4 heteroatoms. The van der Waals surface area contributed by atoms with Gasteiger partial charge in [0.25, 0.3) is 0 Å². The highest BCUT2D eigenvalue weighted by atomic mass is 16.5. The molecule has 2 aromatic rings. The number of imidazole rings is 1. The van der Waals surface area contributed by atoms with Gasteiger partial charge < -0.3 is 14.0 Å². The number of nitrogens with zero attached hydrogens (tertiary/aromatic N) is 2. The second-order valence-corrected chi connectivity index (χ2v) is 9.65. The molecular formula is C34H62N2O2. The lowest BCUT2D eigenvalue weighted by molar-refractivity contribution is -0.0269. The molecule has 1 aromatic carbocycles. The Kier molecular flexibility index (Phi) is 28.6. The van der Waals surface area contributed by atoms with Gasteiger partial charge in [-0.25, -0.2) is 4.98 Å². The van der Waals surface area contributed by atoms with Crippen LogP contribution in [0.3, 0.4) is 0 Å². The second kappa shape index (κ2) is 29.9. The van der Waals surface area contributed by atoms with Crippen LogP contribution < -0.4 is 0 Å². The number of aryl methyl sites for hydroxylation is 1. The normalized spacial score (nSPS) is 11.3. The van der Waals surface area contributed by atoms with Crippen molar-refractivity contribution in [3.63, 3.8) is 0 Å². The van der Waals surface area contributed by atoms with E-state index in [0.717, 1.165) is 26.2 Å². The van der Waals surface area contributed by atoms with Gasteiger partial charge in [-0.2, -0.15) is 0 Å². The fourth-order valence-electron chi connectivity index (χ4n) is 4.33. The van der Waals surface area contributed by atoms with Gasteiger partial charge in [-0.05, 0) is 24.8 Å². The summed E-state index contributed by atoms with van der Waals surface area (Å²) in [5.74, 6) is 0. The Morgan fingerprint density at radius 2 is 1.24 bits per heavy atom. The van der Waals surface area contributed by atoms with E-state index in [1.165, 1.54) is 95.5 Å². The van der Waals surface area contributed by atoms with Crippen molar-refractivity contribution in [1.29, 1.82) is 0 Å². The van der Waals surface area contributed by atoms with E-state index >= 15 is 0 Å². The van der Waals surface area contributed by atoms with E-state index in [-0.39, 0.29) is 6.10 Å². The molecule has 1 aromatic heterocycles. The third kappa shape index (κ3) is 22.3. The van der Waals surface area contributed by atoms with Crippen molar-refractivity contribution in [3.05, 3.63) is 54.6 Å². The fourth-order valence-corrected chi connectivity index (χ4v) is 4.33. The van der Waals surface area contributed by atoms with Gasteiger partial charge in [0.1, 0.15) is 0 Å². The number of aromatic nitrogens is 2. The number of hydrogen-bond acceptors (Lipinski definition) is 3. The molecule has 0 fully saturated rings. The van der Waals surface area contributed by atoms with E-state index in [2.05, 4.69) is 46.9 Å². The first-order chi connectivity index (χ1) is 18.9. The molecule has 1 unspecified atom stereocenters. The zero-order valence-electron chi connectivity index (χ0n) is 25.8. The first-order valence-electron chi connectivity index (χ1n) is 16.1. The molecule has 4 nitrogen and oxygen atoms in total. The summed E-state index contributed by atoms with van der Waals surface area (Å²) in [7, 11) is 0. The molecule has 0 radical (unpaired) electrons. The maximum atomic E-state index is 5.99. The molecule has 0 saturated carbocycles. The van der Waals surface area contributed by atoms with Gasteiger partial charge in [0.2, 0.25) is 0 Å². The molecule has 0 spiro atoms. The van der Waals surface area contributed by atoms with Gasteiger partial charge in [0.05, 0.1) is 25.6 Å². The molecular weight excluding hydrogens is 468 g/mol. The average Bonchev–Trinajstić information content (AvgIpc) is 3.50. The number of ether oxygens (including phenoxy) is 2. The molecule has 1 atom stereocenters. The minimum absolute atomic E-state index is 0.202. The number of hydrogen-bond donors (Lipinski definition) is 0. The van der Waals surface area contributed by atoms with Gasteiger partial charge in [0, 0.05) is 25.5 Å². The van der Waals surface area contributed by atoms with Crippen molar-refractivity contribution in [3.8, 4) is 0 Å². The molecule has 0 aliphatic rings. The molecule has 1 heterocycles. The van der Waals surface area contributed by atoms with E-state index in [9.17, 15) is 0 Å². The van der Waals surface area contributed by atoms with Crippen LogP contribution >= 0.6 is 0 Å². The minimum Gasteiger partial charge on any atom is -0.379 e. The summed E-state index contributed by atoms with van der Waals surface area (Å²) in [6.45, 7) is 13.6. The standard InChI is InChI=1S/C30H50N2O2.2C2H6/c1-2-30(34-26-29-20-16-15-17-21-29)27-33-25-19-14-12-10-8-6-4-3-5-7-9-11-13-18-23-32-24-22-31-28-32;2*1-2/h15-17,20-22,24,28,30H,2-14,18-19,23,25-27H2,1H3;2*1-2H3. The predicted octanol–water partition coefficient (Wildman–Crippen LogP) is 10.4. The summed E-state index contributed by atoms with van der Waals surface area (Å²) in [5.41, 5.74) is 1.23. The summed E-state index contributed by atoms with van der Waals surface area (Å²) in [5, 5.41) is 0. The molecule has 0 aliphatic carbocycles. The molecule has 0 saturated heterocycles. The zero-order chi connectivity index (χ0) is 27.9. The molecule has 0 aliphatic heterocycles. The average molecular weight is 531 g/mol. The maximum absolute atomic E-state index is 5.99.